The van der Waals surface area contributed by atoms with Crippen LogP contribution in [-0.2, 0) is 4.79 Å². The van der Waals surface area contributed by atoms with Gasteiger partial charge in [0.05, 0.1) is 21.3 Å². The van der Waals surface area contributed by atoms with Gasteiger partial charge in [0.25, 0.3) is 0 Å². The predicted molar refractivity (Wildman–Crippen MR) is 94.2 cm³/mol. The van der Waals surface area contributed by atoms with Gasteiger partial charge < -0.3 is 19.5 Å². The molecule has 25 heavy (non-hydrogen) atoms. The molecule has 2 rings (SSSR count). The Bertz CT molecular complexity index is 706. The molecule has 0 aliphatic rings. The molecule has 5 nitrogen and oxygen atoms in total. The van der Waals surface area contributed by atoms with Gasteiger partial charge >= 0.3 is 0 Å². The topological polar surface area (TPSA) is 56.8 Å². The Morgan fingerprint density at radius 2 is 1.60 bits per heavy atom. The predicted octanol–water partition coefficient (Wildman–Crippen LogP) is 3.98. The van der Waals surface area contributed by atoms with Gasteiger partial charge in [0, 0.05) is 24.2 Å². The number of ether oxygens (including phenoxy) is 3. The van der Waals surface area contributed by atoms with Crippen molar-refractivity contribution >= 4 is 11.6 Å². The van der Waals surface area contributed by atoms with E-state index in [1.54, 1.807) is 24.3 Å². The molecule has 0 aromatic heterocycles. The molecule has 0 bridgehead atoms. The average Bonchev–Trinajstić information content (AvgIpc) is 2.61. The Morgan fingerprint density at radius 3 is 2.08 bits per heavy atom. The normalized spacial score (nSPS) is 11.6. The Kier molecular flexibility index (Phi) is 6.22. The lowest BCUT2D eigenvalue weighted by Crippen LogP contribution is -2.14. The highest BCUT2D eigenvalue weighted by molar-refractivity contribution is 5.92. The molecule has 2 aromatic rings. The molecule has 0 heterocycles. The third-order valence-corrected chi connectivity index (χ3v) is 3.88. The van der Waals surface area contributed by atoms with Crippen molar-refractivity contribution in [3.05, 3.63) is 47.8 Å². The van der Waals surface area contributed by atoms with Crippen molar-refractivity contribution in [2.75, 3.05) is 26.6 Å². The maximum atomic E-state index is 13.0. The Balaban J connectivity index is 2.10. The molecule has 0 saturated carbocycles. The van der Waals surface area contributed by atoms with Gasteiger partial charge in [0.1, 0.15) is 5.82 Å². The number of hydrogen-bond acceptors (Lipinski definition) is 4. The van der Waals surface area contributed by atoms with Gasteiger partial charge in [-0.15, -0.1) is 0 Å². The summed E-state index contributed by atoms with van der Waals surface area (Å²) >= 11 is 0. The molecular weight excluding hydrogens is 325 g/mol. The highest BCUT2D eigenvalue weighted by Crippen LogP contribution is 2.40. The van der Waals surface area contributed by atoms with E-state index in [4.69, 9.17) is 14.2 Å². The van der Waals surface area contributed by atoms with Gasteiger partial charge in [-0.05, 0) is 23.6 Å². The second-order valence-corrected chi connectivity index (χ2v) is 5.62. The van der Waals surface area contributed by atoms with Crippen LogP contribution < -0.4 is 19.5 Å². The lowest BCUT2D eigenvalue weighted by molar-refractivity contribution is -0.116. The van der Waals surface area contributed by atoms with E-state index in [0.29, 0.717) is 22.9 Å². The van der Waals surface area contributed by atoms with Crippen molar-refractivity contribution in [1.82, 2.24) is 0 Å². The van der Waals surface area contributed by atoms with E-state index in [2.05, 4.69) is 5.32 Å². The SMILES string of the molecule is COc1cc(NC(=O)CC(C)c2ccc(F)cc2)cc(OC)c1OC. The van der Waals surface area contributed by atoms with E-state index in [1.165, 1.54) is 33.5 Å². The summed E-state index contributed by atoms with van der Waals surface area (Å²) in [5, 5.41) is 2.83. The van der Waals surface area contributed by atoms with Crippen molar-refractivity contribution in [2.45, 2.75) is 19.3 Å². The highest BCUT2D eigenvalue weighted by atomic mass is 19.1. The van der Waals surface area contributed by atoms with Crippen molar-refractivity contribution in [1.29, 1.82) is 0 Å². The van der Waals surface area contributed by atoms with Gasteiger partial charge in [0.15, 0.2) is 11.5 Å². The summed E-state index contributed by atoms with van der Waals surface area (Å²) in [5.74, 6) is 0.890. The molecule has 6 heteroatoms. The first-order chi connectivity index (χ1) is 12.0. The van der Waals surface area contributed by atoms with Crippen LogP contribution in [-0.4, -0.2) is 27.2 Å². The summed E-state index contributed by atoms with van der Waals surface area (Å²) in [6, 6.07) is 9.49. The number of anilines is 1. The maximum absolute atomic E-state index is 13.0. The van der Waals surface area contributed by atoms with Crippen molar-refractivity contribution < 1.29 is 23.4 Å². The van der Waals surface area contributed by atoms with E-state index in [-0.39, 0.29) is 24.1 Å². The Morgan fingerprint density at radius 1 is 1.04 bits per heavy atom. The second-order valence-electron chi connectivity index (χ2n) is 5.62. The smallest absolute Gasteiger partial charge is 0.224 e. The molecule has 0 radical (unpaired) electrons. The first kappa shape index (κ1) is 18.6. The summed E-state index contributed by atoms with van der Waals surface area (Å²) < 4.78 is 28.8. The third-order valence-electron chi connectivity index (χ3n) is 3.88. The van der Waals surface area contributed by atoms with E-state index in [0.717, 1.165) is 5.56 Å². The number of halogens is 1. The van der Waals surface area contributed by atoms with Crippen LogP contribution in [0.25, 0.3) is 0 Å². The van der Waals surface area contributed by atoms with Crippen LogP contribution in [0.5, 0.6) is 17.2 Å². The molecule has 1 unspecified atom stereocenters. The van der Waals surface area contributed by atoms with Crippen molar-refractivity contribution in [3.63, 3.8) is 0 Å². The molecule has 1 N–H and O–H groups in total. The average molecular weight is 347 g/mol. The first-order valence-corrected chi connectivity index (χ1v) is 7.83. The van der Waals surface area contributed by atoms with Crippen LogP contribution in [0.3, 0.4) is 0 Å². The molecule has 1 amide bonds. The summed E-state index contributed by atoms with van der Waals surface area (Å²) in [6.07, 6.45) is 0.266. The zero-order valence-corrected chi connectivity index (χ0v) is 14.8. The quantitative estimate of drug-likeness (QED) is 0.823. The van der Waals surface area contributed by atoms with Crippen LogP contribution in [0.15, 0.2) is 36.4 Å². The number of amides is 1. The lowest BCUT2D eigenvalue weighted by atomic mass is 9.97. The van der Waals surface area contributed by atoms with E-state index >= 15 is 0 Å². The standard InChI is InChI=1S/C19H22FNO4/c1-12(13-5-7-14(20)8-6-13)9-18(22)21-15-10-16(23-2)19(25-4)17(11-15)24-3/h5-8,10-12H,9H2,1-4H3,(H,21,22). The number of nitrogens with one attached hydrogen (secondary N) is 1. The minimum atomic E-state index is -0.294. The Hall–Kier alpha value is -2.76. The maximum Gasteiger partial charge on any atom is 0.224 e. The monoisotopic (exact) mass is 347 g/mol. The van der Waals surface area contributed by atoms with Crippen molar-refractivity contribution in [2.24, 2.45) is 0 Å². The molecule has 0 spiro atoms. The number of rotatable bonds is 7. The van der Waals surface area contributed by atoms with E-state index in [9.17, 15) is 9.18 Å². The van der Waals surface area contributed by atoms with Crippen LogP contribution in [0.2, 0.25) is 0 Å². The minimum Gasteiger partial charge on any atom is -0.493 e. The zero-order valence-electron chi connectivity index (χ0n) is 14.8. The van der Waals surface area contributed by atoms with Crippen LogP contribution in [0.4, 0.5) is 10.1 Å². The first-order valence-electron chi connectivity index (χ1n) is 7.83. The van der Waals surface area contributed by atoms with Crippen LogP contribution >= 0.6 is 0 Å². The van der Waals surface area contributed by atoms with Crippen LogP contribution in [0, 0.1) is 5.82 Å². The molecule has 0 saturated heterocycles. The second kappa shape index (κ2) is 8.37. The fourth-order valence-electron chi connectivity index (χ4n) is 2.55. The van der Waals surface area contributed by atoms with Crippen LogP contribution in [0.1, 0.15) is 24.8 Å². The fraction of sp³-hybridized carbons (Fsp3) is 0.316. The third kappa shape index (κ3) is 4.62. The van der Waals surface area contributed by atoms with E-state index < -0.39 is 0 Å². The largest absolute Gasteiger partial charge is 0.493 e. The summed E-state index contributed by atoms with van der Waals surface area (Å²) in [5.41, 5.74) is 1.45. The van der Waals surface area contributed by atoms with Gasteiger partial charge in [-0.3, -0.25) is 4.79 Å². The molecule has 0 aliphatic carbocycles. The molecule has 1 atom stereocenters. The van der Waals surface area contributed by atoms with Gasteiger partial charge in [-0.2, -0.15) is 0 Å². The molecule has 0 fully saturated rings. The van der Waals surface area contributed by atoms with Gasteiger partial charge in [0.2, 0.25) is 11.7 Å². The fourth-order valence-corrected chi connectivity index (χ4v) is 2.55. The van der Waals surface area contributed by atoms with Gasteiger partial charge in [-0.1, -0.05) is 19.1 Å². The minimum absolute atomic E-state index is 0.0392. The Labute approximate surface area is 146 Å². The number of benzene rings is 2. The summed E-state index contributed by atoms with van der Waals surface area (Å²) in [7, 11) is 4.54. The number of carbonyl (C=O) groups is 1. The number of hydrogen-bond donors (Lipinski definition) is 1. The summed E-state index contributed by atoms with van der Waals surface area (Å²) in [6.45, 7) is 1.92. The van der Waals surface area contributed by atoms with Gasteiger partial charge in [-0.25, -0.2) is 4.39 Å². The highest BCUT2D eigenvalue weighted by Gasteiger charge is 2.16. The molecular formula is C19H22FNO4. The summed E-state index contributed by atoms with van der Waals surface area (Å²) in [4.78, 5) is 12.3. The molecule has 2 aromatic carbocycles. The van der Waals surface area contributed by atoms with Crippen molar-refractivity contribution in [3.8, 4) is 17.2 Å². The molecule has 0 aliphatic heterocycles. The number of methoxy groups -OCH3 is 3. The lowest BCUT2D eigenvalue weighted by Gasteiger charge is -2.16. The molecule has 134 valence electrons. The number of carbonyl (C=O) groups excluding carboxylic acids is 1. The van der Waals surface area contributed by atoms with E-state index in [1.807, 2.05) is 6.92 Å². The zero-order chi connectivity index (χ0) is 18.4.